The molecule has 5 nitrogen and oxygen atoms in total. The number of nitrogens with zero attached hydrogens (tertiary/aromatic N) is 1. The molecule has 0 aliphatic heterocycles. The Labute approximate surface area is 204 Å². The number of allylic oxidation sites excluding steroid dienone is 2. The number of methoxy groups -OCH3 is 1. The van der Waals surface area contributed by atoms with Crippen molar-refractivity contribution in [2.24, 2.45) is 11.8 Å². The van der Waals surface area contributed by atoms with Gasteiger partial charge in [-0.3, -0.25) is 4.79 Å². The first-order chi connectivity index (χ1) is 16.3. The lowest BCUT2D eigenvalue weighted by Crippen LogP contribution is -2.47. The van der Waals surface area contributed by atoms with Crippen molar-refractivity contribution in [3.8, 4) is 0 Å². The Hall–Kier alpha value is -1.80. The molecule has 1 unspecified atom stereocenters. The predicted octanol–water partition coefficient (Wildman–Crippen LogP) is 6.77. The molecule has 1 N–H and O–H groups in total. The monoisotopic (exact) mass is 495 g/mol. The second kappa shape index (κ2) is 10.9. The van der Waals surface area contributed by atoms with Gasteiger partial charge in [-0.15, -0.1) is 11.3 Å². The van der Waals surface area contributed by atoms with Gasteiger partial charge in [0.25, 0.3) is 0 Å². The molecule has 1 atom stereocenters. The van der Waals surface area contributed by atoms with Crippen LogP contribution in [0.1, 0.15) is 92.1 Å². The predicted molar refractivity (Wildman–Crippen MR) is 130 cm³/mol. The van der Waals surface area contributed by atoms with Crippen LogP contribution in [-0.2, 0) is 9.53 Å². The number of carbonyl (C=O) groups excluding carboxylic acids is 1. The van der Waals surface area contributed by atoms with Crippen molar-refractivity contribution >= 4 is 34.5 Å². The van der Waals surface area contributed by atoms with Gasteiger partial charge in [-0.25, -0.2) is 13.6 Å². The van der Waals surface area contributed by atoms with E-state index in [1.54, 1.807) is 18.1 Å². The standard InChI is InChI=1S/C26H35F2NO4S/c1-15-6-8-16(9-7-15)25(30)29(17-10-12-18(33-2)13-11-17)21-14-22(34-24(21)26(31)32)23-19(27)4-3-5-20(23)28/h14-19H,3-13H2,1-2H3,(H,31,32)/t15-,16-,17-,18-,19?. The Morgan fingerprint density at radius 3 is 2.35 bits per heavy atom. The Morgan fingerprint density at radius 1 is 1.09 bits per heavy atom. The fraction of sp³-hybridized carbons (Fsp3) is 0.692. The van der Waals surface area contributed by atoms with Gasteiger partial charge >= 0.3 is 5.97 Å². The number of hydrogen-bond donors (Lipinski definition) is 1. The fourth-order valence-corrected chi connectivity index (χ4v) is 6.85. The molecule has 0 saturated heterocycles. The van der Waals surface area contributed by atoms with Crippen molar-refractivity contribution in [2.45, 2.75) is 95.9 Å². The summed E-state index contributed by atoms with van der Waals surface area (Å²) in [5.74, 6) is -1.29. The summed E-state index contributed by atoms with van der Waals surface area (Å²) in [6, 6.07) is 1.41. The molecule has 0 radical (unpaired) electrons. The molecule has 34 heavy (non-hydrogen) atoms. The van der Waals surface area contributed by atoms with E-state index in [1.165, 1.54) is 0 Å². The van der Waals surface area contributed by atoms with Gasteiger partial charge in [0.15, 0.2) is 0 Å². The molecule has 3 aliphatic carbocycles. The SMILES string of the molecule is CO[C@H]1CC[C@H](N(c2cc(C3=C(F)CCCC3F)sc2C(=O)O)C(=O)[C@H]2CC[C@H](C)CC2)CC1. The number of carboxylic acids is 1. The van der Waals surface area contributed by atoms with Crippen molar-refractivity contribution in [3.05, 3.63) is 21.6 Å². The third-order valence-electron chi connectivity index (χ3n) is 7.84. The lowest BCUT2D eigenvalue weighted by atomic mass is 9.81. The second-order valence-corrected chi connectivity index (χ2v) is 11.2. The minimum atomic E-state index is -1.46. The van der Waals surface area contributed by atoms with Crippen LogP contribution in [0.5, 0.6) is 0 Å². The van der Waals surface area contributed by atoms with Gasteiger partial charge in [-0.2, -0.15) is 0 Å². The summed E-state index contributed by atoms with van der Waals surface area (Å²) in [6.07, 6.45) is 6.03. The van der Waals surface area contributed by atoms with E-state index in [4.69, 9.17) is 4.74 Å². The van der Waals surface area contributed by atoms with Crippen LogP contribution in [0, 0.1) is 11.8 Å². The zero-order chi connectivity index (χ0) is 24.4. The molecule has 4 rings (SSSR count). The first kappa shape index (κ1) is 25.3. The highest BCUT2D eigenvalue weighted by atomic mass is 32.1. The third-order valence-corrected chi connectivity index (χ3v) is 8.98. The van der Waals surface area contributed by atoms with Gasteiger partial charge in [0.05, 0.1) is 11.8 Å². The summed E-state index contributed by atoms with van der Waals surface area (Å²) in [5.41, 5.74) is 0.266. The first-order valence-corrected chi connectivity index (χ1v) is 13.4. The number of anilines is 1. The average molecular weight is 496 g/mol. The number of amides is 1. The molecule has 8 heteroatoms. The number of aromatic carboxylic acids is 1. The van der Waals surface area contributed by atoms with E-state index >= 15 is 0 Å². The average Bonchev–Trinajstić information content (AvgIpc) is 3.24. The van der Waals surface area contributed by atoms with Crippen LogP contribution in [0.2, 0.25) is 0 Å². The molecule has 1 heterocycles. The summed E-state index contributed by atoms with van der Waals surface area (Å²) in [6.45, 7) is 2.19. The summed E-state index contributed by atoms with van der Waals surface area (Å²) in [4.78, 5) is 28.1. The van der Waals surface area contributed by atoms with Gasteiger partial charge in [0.2, 0.25) is 5.91 Å². The second-order valence-electron chi connectivity index (χ2n) is 10.1. The van der Waals surface area contributed by atoms with Gasteiger partial charge in [0, 0.05) is 29.5 Å². The van der Waals surface area contributed by atoms with E-state index in [2.05, 4.69) is 6.92 Å². The highest BCUT2D eigenvalue weighted by Gasteiger charge is 2.38. The normalized spacial score (nSPS) is 30.3. The quantitative estimate of drug-likeness (QED) is 0.473. The Kier molecular flexibility index (Phi) is 8.08. The summed E-state index contributed by atoms with van der Waals surface area (Å²) >= 11 is 0.887. The number of hydrogen-bond acceptors (Lipinski definition) is 4. The van der Waals surface area contributed by atoms with Crippen LogP contribution in [0.15, 0.2) is 11.9 Å². The molecule has 0 aromatic carbocycles. The molecule has 0 spiro atoms. The Balaban J connectivity index is 1.73. The number of alkyl halides is 1. The lowest BCUT2D eigenvalue weighted by Gasteiger charge is -2.39. The van der Waals surface area contributed by atoms with Crippen LogP contribution >= 0.6 is 11.3 Å². The largest absolute Gasteiger partial charge is 0.477 e. The number of thiophene rings is 1. The number of ether oxygens (including phenoxy) is 1. The molecule has 1 aromatic rings. The van der Waals surface area contributed by atoms with E-state index in [0.717, 1.165) is 49.9 Å². The number of carbonyl (C=O) groups is 2. The fourth-order valence-electron chi connectivity index (χ4n) is 5.76. The van der Waals surface area contributed by atoms with Gasteiger partial charge in [-0.1, -0.05) is 6.92 Å². The minimum absolute atomic E-state index is 0.0144. The zero-order valence-electron chi connectivity index (χ0n) is 20.0. The summed E-state index contributed by atoms with van der Waals surface area (Å²) < 4.78 is 34.9. The lowest BCUT2D eigenvalue weighted by molar-refractivity contribution is -0.124. The minimum Gasteiger partial charge on any atom is -0.477 e. The maximum Gasteiger partial charge on any atom is 0.348 e. The number of halogens is 2. The molecule has 3 aliphatic rings. The maximum atomic E-state index is 14.7. The highest BCUT2D eigenvalue weighted by Crippen LogP contribution is 2.44. The van der Waals surface area contributed by atoms with E-state index in [1.807, 2.05) is 0 Å². The first-order valence-electron chi connectivity index (χ1n) is 12.6. The maximum absolute atomic E-state index is 14.7. The molecule has 188 valence electrons. The molecule has 2 fully saturated rings. The molecule has 0 bridgehead atoms. The molecule has 2 saturated carbocycles. The van der Waals surface area contributed by atoms with E-state index in [-0.39, 0.29) is 52.1 Å². The molecule has 1 aromatic heterocycles. The summed E-state index contributed by atoms with van der Waals surface area (Å²) in [5, 5.41) is 10.0. The smallest absolute Gasteiger partial charge is 0.348 e. The van der Waals surface area contributed by atoms with Crippen molar-refractivity contribution in [2.75, 3.05) is 12.0 Å². The van der Waals surface area contributed by atoms with Crippen molar-refractivity contribution in [1.29, 1.82) is 0 Å². The Morgan fingerprint density at radius 2 is 1.76 bits per heavy atom. The van der Waals surface area contributed by atoms with Gasteiger partial charge in [-0.05, 0) is 82.6 Å². The van der Waals surface area contributed by atoms with Gasteiger partial charge in [0.1, 0.15) is 16.9 Å². The zero-order valence-corrected chi connectivity index (χ0v) is 20.8. The molecular weight excluding hydrogens is 460 g/mol. The van der Waals surface area contributed by atoms with Crippen molar-refractivity contribution in [1.82, 2.24) is 0 Å². The highest BCUT2D eigenvalue weighted by molar-refractivity contribution is 7.15. The van der Waals surface area contributed by atoms with Crippen LogP contribution in [-0.4, -0.2) is 42.4 Å². The topological polar surface area (TPSA) is 66.8 Å². The molecular formula is C26H35F2NO4S. The number of rotatable bonds is 6. The van der Waals surface area contributed by atoms with E-state index < -0.39 is 18.0 Å². The number of carboxylic acid groups (broad SMARTS) is 1. The summed E-state index contributed by atoms with van der Waals surface area (Å²) in [7, 11) is 1.69. The Bertz CT molecular complexity index is 929. The van der Waals surface area contributed by atoms with Crippen LogP contribution in [0.4, 0.5) is 14.5 Å². The van der Waals surface area contributed by atoms with Crippen LogP contribution in [0.25, 0.3) is 5.57 Å². The van der Waals surface area contributed by atoms with Crippen molar-refractivity contribution < 1.29 is 28.2 Å². The third kappa shape index (κ3) is 5.23. The van der Waals surface area contributed by atoms with Crippen molar-refractivity contribution in [3.63, 3.8) is 0 Å². The van der Waals surface area contributed by atoms with Crippen LogP contribution in [0.3, 0.4) is 0 Å². The van der Waals surface area contributed by atoms with Crippen LogP contribution < -0.4 is 4.90 Å². The van der Waals surface area contributed by atoms with E-state index in [9.17, 15) is 23.5 Å². The van der Waals surface area contributed by atoms with E-state index in [0.29, 0.717) is 30.9 Å². The van der Waals surface area contributed by atoms with Gasteiger partial charge < -0.3 is 14.7 Å². The molecule has 1 amide bonds.